The van der Waals surface area contributed by atoms with E-state index in [9.17, 15) is 15.2 Å². The Hall–Kier alpha value is -2.47. The van der Waals surface area contributed by atoms with Crippen molar-refractivity contribution >= 4 is 39.6 Å². The lowest BCUT2D eigenvalue weighted by atomic mass is 10.1. The quantitative estimate of drug-likeness (QED) is 0.503. The standard InChI is InChI=1S/C15H11BrN2O3/c16-14-10-13(18(20)21)9-11(15(14)19)5-4-8-17-12-6-2-1-3-7-12/h1-10,19H. The second kappa shape index (κ2) is 6.81. The molecule has 0 amide bonds. The highest BCUT2D eigenvalue weighted by molar-refractivity contribution is 9.10. The summed E-state index contributed by atoms with van der Waals surface area (Å²) in [5.41, 5.74) is 1.04. The van der Waals surface area contributed by atoms with Crippen molar-refractivity contribution in [1.82, 2.24) is 0 Å². The van der Waals surface area contributed by atoms with E-state index in [4.69, 9.17) is 0 Å². The van der Waals surface area contributed by atoms with Crippen molar-refractivity contribution in [3.05, 3.63) is 68.7 Å². The Bertz CT molecular complexity index is 712. The minimum absolute atomic E-state index is 0.0510. The highest BCUT2D eigenvalue weighted by Crippen LogP contribution is 2.33. The van der Waals surface area contributed by atoms with Gasteiger partial charge < -0.3 is 5.11 Å². The molecule has 0 bridgehead atoms. The van der Waals surface area contributed by atoms with Crippen LogP contribution in [-0.2, 0) is 0 Å². The number of para-hydroxylation sites is 1. The molecule has 21 heavy (non-hydrogen) atoms. The summed E-state index contributed by atoms with van der Waals surface area (Å²) in [4.78, 5) is 14.5. The molecule has 0 saturated carbocycles. The molecule has 106 valence electrons. The monoisotopic (exact) mass is 346 g/mol. The van der Waals surface area contributed by atoms with E-state index < -0.39 is 4.92 Å². The Morgan fingerprint density at radius 2 is 1.95 bits per heavy atom. The van der Waals surface area contributed by atoms with Crippen molar-refractivity contribution in [3.8, 4) is 5.75 Å². The fourth-order valence-corrected chi connectivity index (χ4v) is 2.09. The lowest BCUT2D eigenvalue weighted by Gasteiger charge is -2.01. The molecule has 2 aromatic carbocycles. The van der Waals surface area contributed by atoms with Crippen LogP contribution in [0.4, 0.5) is 11.4 Å². The van der Waals surface area contributed by atoms with Gasteiger partial charge in [-0.3, -0.25) is 15.1 Å². The number of phenols is 1. The van der Waals surface area contributed by atoms with E-state index in [1.54, 1.807) is 18.4 Å². The zero-order valence-corrected chi connectivity index (χ0v) is 12.4. The van der Waals surface area contributed by atoms with Gasteiger partial charge in [0.25, 0.3) is 5.69 Å². The molecular weight excluding hydrogens is 336 g/mol. The van der Waals surface area contributed by atoms with Crippen LogP contribution in [0.25, 0.3) is 6.08 Å². The predicted octanol–water partition coefficient (Wildman–Crippen LogP) is 4.48. The van der Waals surface area contributed by atoms with Crippen LogP contribution in [0.15, 0.2) is 58.0 Å². The molecule has 0 aromatic heterocycles. The molecule has 0 heterocycles. The van der Waals surface area contributed by atoms with E-state index >= 15 is 0 Å². The summed E-state index contributed by atoms with van der Waals surface area (Å²) >= 11 is 3.09. The van der Waals surface area contributed by atoms with Gasteiger partial charge in [-0.25, -0.2) is 0 Å². The average molecular weight is 347 g/mol. The van der Waals surface area contributed by atoms with Crippen molar-refractivity contribution in [2.24, 2.45) is 4.99 Å². The topological polar surface area (TPSA) is 75.7 Å². The largest absolute Gasteiger partial charge is 0.506 e. The molecule has 5 nitrogen and oxygen atoms in total. The SMILES string of the molecule is O=[N+]([O-])c1cc(Br)c(O)c(C=CC=Nc2ccccc2)c1. The summed E-state index contributed by atoms with van der Waals surface area (Å²) in [7, 11) is 0. The molecule has 1 N–H and O–H groups in total. The maximum absolute atomic E-state index is 10.8. The summed E-state index contributed by atoms with van der Waals surface area (Å²) in [5.74, 6) is -0.0510. The van der Waals surface area contributed by atoms with Crippen molar-refractivity contribution in [1.29, 1.82) is 0 Å². The zero-order chi connectivity index (χ0) is 15.2. The van der Waals surface area contributed by atoms with Gasteiger partial charge in [0.15, 0.2) is 0 Å². The van der Waals surface area contributed by atoms with Crippen LogP contribution in [0.1, 0.15) is 5.56 Å². The number of hydrogen-bond acceptors (Lipinski definition) is 4. The van der Waals surface area contributed by atoms with Gasteiger partial charge in [0.05, 0.1) is 15.1 Å². The van der Waals surface area contributed by atoms with Crippen LogP contribution in [0, 0.1) is 10.1 Å². The number of phenolic OH excluding ortho intramolecular Hbond substituents is 1. The molecule has 0 unspecified atom stereocenters. The Morgan fingerprint density at radius 1 is 1.24 bits per heavy atom. The van der Waals surface area contributed by atoms with Gasteiger partial charge in [0.2, 0.25) is 0 Å². The Kier molecular flexibility index (Phi) is 4.84. The molecule has 0 radical (unpaired) electrons. The van der Waals surface area contributed by atoms with Crippen molar-refractivity contribution in [3.63, 3.8) is 0 Å². The third-order valence-electron chi connectivity index (χ3n) is 2.63. The third-order valence-corrected chi connectivity index (χ3v) is 3.23. The molecule has 0 spiro atoms. The van der Waals surface area contributed by atoms with E-state index in [-0.39, 0.29) is 15.9 Å². The van der Waals surface area contributed by atoms with Crippen LogP contribution < -0.4 is 0 Å². The summed E-state index contributed by atoms with van der Waals surface area (Å²) in [5, 5.41) is 20.6. The van der Waals surface area contributed by atoms with Gasteiger partial charge >= 0.3 is 0 Å². The van der Waals surface area contributed by atoms with Gasteiger partial charge in [0.1, 0.15) is 5.75 Å². The second-order valence-electron chi connectivity index (χ2n) is 4.10. The molecule has 0 fully saturated rings. The molecular formula is C15H11BrN2O3. The number of nitrogens with zero attached hydrogens (tertiary/aromatic N) is 2. The van der Waals surface area contributed by atoms with Crippen molar-refractivity contribution in [2.45, 2.75) is 0 Å². The lowest BCUT2D eigenvalue weighted by Crippen LogP contribution is -1.89. The highest BCUT2D eigenvalue weighted by Gasteiger charge is 2.12. The number of benzene rings is 2. The van der Waals surface area contributed by atoms with Crippen LogP contribution in [0.5, 0.6) is 5.75 Å². The number of nitro benzene ring substituents is 1. The smallest absolute Gasteiger partial charge is 0.271 e. The first-order chi connectivity index (χ1) is 10.1. The van der Waals surface area contributed by atoms with Crippen molar-refractivity contribution < 1.29 is 10.0 Å². The number of non-ortho nitro benzene ring substituents is 1. The van der Waals surface area contributed by atoms with Crippen LogP contribution in [0.3, 0.4) is 0 Å². The summed E-state index contributed by atoms with van der Waals surface area (Å²) in [6, 6.07) is 11.9. The number of allylic oxidation sites excluding steroid dienone is 1. The number of rotatable bonds is 4. The van der Waals surface area contributed by atoms with Gasteiger partial charge in [-0.05, 0) is 40.2 Å². The van der Waals surface area contributed by atoms with Gasteiger partial charge in [0, 0.05) is 23.9 Å². The first kappa shape index (κ1) is 14.9. The van der Waals surface area contributed by atoms with Crippen LogP contribution in [0.2, 0.25) is 0 Å². The number of aliphatic imine (C=N–C) groups is 1. The maximum atomic E-state index is 10.8. The minimum Gasteiger partial charge on any atom is -0.506 e. The molecule has 2 rings (SSSR count). The minimum atomic E-state index is -0.514. The van der Waals surface area contributed by atoms with Crippen LogP contribution in [-0.4, -0.2) is 16.2 Å². The Labute approximate surface area is 129 Å². The maximum Gasteiger partial charge on any atom is 0.271 e. The van der Waals surface area contributed by atoms with E-state index in [1.807, 2.05) is 30.3 Å². The molecule has 0 saturated heterocycles. The molecule has 0 atom stereocenters. The molecule has 0 aliphatic rings. The predicted molar refractivity (Wildman–Crippen MR) is 86.1 cm³/mol. The summed E-state index contributed by atoms with van der Waals surface area (Å²) in [6.45, 7) is 0. The fourth-order valence-electron chi connectivity index (χ4n) is 1.63. The number of halogens is 1. The summed E-state index contributed by atoms with van der Waals surface area (Å²) < 4.78 is 0.274. The molecule has 0 aliphatic carbocycles. The number of aromatic hydroxyl groups is 1. The first-order valence-electron chi connectivity index (χ1n) is 6.00. The van der Waals surface area contributed by atoms with Gasteiger partial charge in [-0.2, -0.15) is 0 Å². The zero-order valence-electron chi connectivity index (χ0n) is 10.8. The van der Waals surface area contributed by atoms with E-state index in [1.165, 1.54) is 12.1 Å². The van der Waals surface area contributed by atoms with Gasteiger partial charge in [-0.1, -0.05) is 18.2 Å². The lowest BCUT2D eigenvalue weighted by molar-refractivity contribution is -0.385. The number of hydrogen-bond donors (Lipinski definition) is 1. The third kappa shape index (κ3) is 4.00. The fraction of sp³-hybridized carbons (Fsp3) is 0. The second-order valence-corrected chi connectivity index (χ2v) is 4.95. The molecule has 2 aromatic rings. The van der Waals surface area contributed by atoms with E-state index in [0.717, 1.165) is 5.69 Å². The first-order valence-corrected chi connectivity index (χ1v) is 6.80. The van der Waals surface area contributed by atoms with E-state index in [2.05, 4.69) is 20.9 Å². The molecule has 6 heteroatoms. The van der Waals surface area contributed by atoms with Gasteiger partial charge in [-0.15, -0.1) is 0 Å². The normalized spacial score (nSPS) is 11.3. The Morgan fingerprint density at radius 3 is 2.62 bits per heavy atom. The number of nitro groups is 1. The summed E-state index contributed by atoms with van der Waals surface area (Å²) in [6.07, 6.45) is 4.72. The van der Waals surface area contributed by atoms with Crippen molar-refractivity contribution in [2.75, 3.05) is 0 Å². The Balaban J connectivity index is 2.21. The average Bonchev–Trinajstić information content (AvgIpc) is 2.48. The molecule has 0 aliphatic heterocycles. The highest BCUT2D eigenvalue weighted by atomic mass is 79.9. The van der Waals surface area contributed by atoms with E-state index in [0.29, 0.717) is 5.56 Å². The van der Waals surface area contributed by atoms with Crippen LogP contribution >= 0.6 is 15.9 Å².